The van der Waals surface area contributed by atoms with Crippen LogP contribution in [-0.4, -0.2) is 20.2 Å². The van der Waals surface area contributed by atoms with Crippen molar-refractivity contribution in [3.63, 3.8) is 0 Å². The van der Waals surface area contributed by atoms with Crippen LogP contribution < -0.4 is 10.9 Å². The number of aromatic nitrogens is 3. The third-order valence-corrected chi connectivity index (χ3v) is 7.60. The van der Waals surface area contributed by atoms with Gasteiger partial charge in [0, 0.05) is 17.3 Å². The van der Waals surface area contributed by atoms with Gasteiger partial charge in [-0.05, 0) is 58.4 Å². The molecule has 1 aromatic carbocycles. The van der Waals surface area contributed by atoms with E-state index in [-0.39, 0.29) is 22.3 Å². The smallest absolute Gasteiger partial charge is 0.266 e. The molecule has 3 fully saturated rings. The summed E-state index contributed by atoms with van der Waals surface area (Å²) in [5.41, 5.74) is -2.03. The van der Waals surface area contributed by atoms with E-state index in [9.17, 15) is 22.4 Å². The van der Waals surface area contributed by atoms with Crippen LogP contribution in [0.4, 0.5) is 23.4 Å². The average molecular weight is 475 g/mol. The molecule has 0 unspecified atom stereocenters. The quantitative estimate of drug-likeness (QED) is 0.453. The number of nitrogens with one attached hydrogen (secondary N) is 1. The van der Waals surface area contributed by atoms with E-state index in [1.807, 2.05) is 0 Å². The van der Waals surface area contributed by atoms with Crippen LogP contribution in [0.25, 0.3) is 10.9 Å². The van der Waals surface area contributed by atoms with E-state index in [1.165, 1.54) is 12.1 Å². The molecule has 34 heavy (non-hydrogen) atoms. The Morgan fingerprint density at radius 3 is 2.32 bits per heavy atom. The van der Waals surface area contributed by atoms with E-state index >= 15 is 0 Å². The molecule has 9 heteroatoms. The Morgan fingerprint density at radius 2 is 1.68 bits per heavy atom. The van der Waals surface area contributed by atoms with Gasteiger partial charge in [0.1, 0.15) is 28.5 Å². The third-order valence-electron chi connectivity index (χ3n) is 7.60. The molecular weight excluding hydrogens is 448 g/mol. The number of anilines is 1. The van der Waals surface area contributed by atoms with Crippen molar-refractivity contribution >= 4 is 16.7 Å². The highest BCUT2D eigenvalue weighted by atomic mass is 19.3. The van der Waals surface area contributed by atoms with Crippen molar-refractivity contribution in [1.29, 1.82) is 0 Å². The van der Waals surface area contributed by atoms with Crippen LogP contribution in [0, 0.1) is 12.7 Å². The summed E-state index contributed by atoms with van der Waals surface area (Å²) in [4.78, 5) is 22.5. The van der Waals surface area contributed by atoms with Gasteiger partial charge in [-0.3, -0.25) is 4.79 Å². The van der Waals surface area contributed by atoms with E-state index in [1.54, 1.807) is 30.7 Å². The Labute approximate surface area is 194 Å². The lowest BCUT2D eigenvalue weighted by atomic mass is 9.64. The summed E-state index contributed by atoms with van der Waals surface area (Å²) < 4.78 is 57.5. The Bertz CT molecular complexity index is 1300. The van der Waals surface area contributed by atoms with Gasteiger partial charge in [-0.1, -0.05) is 18.2 Å². The van der Waals surface area contributed by atoms with Gasteiger partial charge < -0.3 is 9.88 Å². The van der Waals surface area contributed by atoms with Crippen molar-refractivity contribution in [3.8, 4) is 0 Å². The van der Waals surface area contributed by atoms with E-state index in [0.29, 0.717) is 49.9 Å². The Morgan fingerprint density at radius 1 is 1.03 bits per heavy atom. The molecule has 3 aromatic rings. The van der Waals surface area contributed by atoms with Crippen LogP contribution in [0.5, 0.6) is 0 Å². The summed E-state index contributed by atoms with van der Waals surface area (Å²) in [5, 5.41) is 3.31. The summed E-state index contributed by atoms with van der Waals surface area (Å²) in [7, 11) is 0. The van der Waals surface area contributed by atoms with Crippen LogP contribution in [-0.2, 0) is 5.54 Å². The predicted molar refractivity (Wildman–Crippen MR) is 121 cm³/mol. The van der Waals surface area contributed by atoms with Gasteiger partial charge in [0.15, 0.2) is 0 Å². The van der Waals surface area contributed by atoms with E-state index < -0.39 is 35.1 Å². The molecule has 0 aliphatic heterocycles. The summed E-state index contributed by atoms with van der Waals surface area (Å²) in [6, 6.07) is 4.88. The number of aryl methyl sites for hydroxylation is 1. The molecule has 2 heterocycles. The minimum atomic E-state index is -2.94. The number of halogens is 4. The monoisotopic (exact) mass is 474 g/mol. The first kappa shape index (κ1) is 22.8. The molecule has 5 nitrogen and oxygen atoms in total. The fourth-order valence-electron chi connectivity index (χ4n) is 5.57. The van der Waals surface area contributed by atoms with E-state index in [4.69, 9.17) is 0 Å². The number of nitrogens with zero attached hydrogens (tertiary/aromatic N) is 3. The van der Waals surface area contributed by atoms with Crippen molar-refractivity contribution in [2.75, 3.05) is 5.32 Å². The Kier molecular flexibility index (Phi) is 5.41. The summed E-state index contributed by atoms with van der Waals surface area (Å²) in [5.74, 6) is -0.348. The molecule has 0 saturated heterocycles. The van der Waals surface area contributed by atoms with Gasteiger partial charge in [-0.25, -0.2) is 27.5 Å². The maximum atomic E-state index is 14.7. The molecule has 180 valence electrons. The Balaban J connectivity index is 1.58. The second-order valence-electron chi connectivity index (χ2n) is 9.66. The van der Waals surface area contributed by atoms with E-state index in [2.05, 4.69) is 15.3 Å². The molecular formula is C25H26F4N4O. The van der Waals surface area contributed by atoms with Gasteiger partial charge in [-0.15, -0.1) is 0 Å². The second-order valence-corrected chi connectivity index (χ2v) is 9.66. The first-order valence-electron chi connectivity index (χ1n) is 11.5. The SMILES string of the molecule is Cc1nc(N[C@H](C)c2cccc(C(F)F)c2F)c2c(=O)n(C34CCC(F)(CC3)CC4)ccc2n1. The van der Waals surface area contributed by atoms with Gasteiger partial charge in [0.05, 0.1) is 17.1 Å². The van der Waals surface area contributed by atoms with Crippen molar-refractivity contribution in [1.82, 2.24) is 14.5 Å². The lowest BCUT2D eigenvalue weighted by molar-refractivity contribution is -0.0281. The van der Waals surface area contributed by atoms with Crippen molar-refractivity contribution in [2.45, 2.75) is 76.0 Å². The molecule has 1 atom stereocenters. The lowest BCUT2D eigenvalue weighted by Crippen LogP contribution is -2.52. The fourth-order valence-corrected chi connectivity index (χ4v) is 5.57. The number of hydrogen-bond acceptors (Lipinski definition) is 4. The highest BCUT2D eigenvalue weighted by Gasteiger charge is 2.50. The van der Waals surface area contributed by atoms with Crippen LogP contribution in [0.2, 0.25) is 0 Å². The molecule has 0 amide bonds. The summed E-state index contributed by atoms with van der Waals surface area (Å²) in [6.07, 6.45) is 1.87. The van der Waals surface area contributed by atoms with Crippen LogP contribution in [0.1, 0.15) is 74.9 Å². The standard InChI is InChI=1S/C25H26F4N4O/c1-14(16-4-3-5-17(20(16)26)21(27)28)30-22-19-18(31-15(2)32-22)6-13-33(23(19)34)25-10-7-24(29,8-11-25)9-12-25/h3-6,13-14,21H,7-12H2,1-2H3,(H,30,31,32)/t14-,24?,25?/m1/s1. The number of hydrogen-bond donors (Lipinski definition) is 1. The molecule has 6 rings (SSSR count). The van der Waals surface area contributed by atoms with E-state index in [0.717, 1.165) is 6.07 Å². The summed E-state index contributed by atoms with van der Waals surface area (Å²) >= 11 is 0. The number of rotatable bonds is 5. The number of alkyl halides is 3. The van der Waals surface area contributed by atoms with Gasteiger partial charge in [-0.2, -0.15) is 0 Å². The molecule has 0 radical (unpaired) electrons. The van der Waals surface area contributed by atoms with Crippen LogP contribution in [0.15, 0.2) is 35.3 Å². The van der Waals surface area contributed by atoms with Gasteiger partial charge in [0.2, 0.25) is 0 Å². The first-order chi connectivity index (χ1) is 16.1. The minimum Gasteiger partial charge on any atom is -0.363 e. The zero-order chi connectivity index (χ0) is 24.3. The largest absolute Gasteiger partial charge is 0.363 e. The zero-order valence-electron chi connectivity index (χ0n) is 19.0. The first-order valence-corrected chi connectivity index (χ1v) is 11.5. The van der Waals surface area contributed by atoms with Gasteiger partial charge in [0.25, 0.3) is 12.0 Å². The number of fused-ring (bicyclic) bond motifs is 4. The molecule has 2 bridgehead atoms. The molecule has 3 aliphatic carbocycles. The molecule has 2 aromatic heterocycles. The predicted octanol–water partition coefficient (Wildman–Crippen LogP) is 6.12. The third kappa shape index (κ3) is 3.65. The number of benzene rings is 1. The number of pyridine rings is 1. The van der Waals surface area contributed by atoms with Gasteiger partial charge >= 0.3 is 0 Å². The zero-order valence-corrected chi connectivity index (χ0v) is 19.0. The lowest BCUT2D eigenvalue weighted by Gasteiger charge is -2.50. The van der Waals surface area contributed by atoms with Crippen molar-refractivity contribution in [2.24, 2.45) is 0 Å². The van der Waals surface area contributed by atoms with Crippen molar-refractivity contribution < 1.29 is 17.6 Å². The molecule has 3 aliphatic rings. The Hall–Kier alpha value is -2.97. The molecule has 3 saturated carbocycles. The topological polar surface area (TPSA) is 59.8 Å². The minimum absolute atomic E-state index is 0.0518. The van der Waals surface area contributed by atoms with Crippen LogP contribution >= 0.6 is 0 Å². The van der Waals surface area contributed by atoms with Crippen molar-refractivity contribution in [3.05, 3.63) is 63.6 Å². The highest BCUT2D eigenvalue weighted by molar-refractivity contribution is 5.88. The fraction of sp³-hybridized carbons (Fsp3) is 0.480. The second kappa shape index (κ2) is 8.06. The molecule has 0 spiro atoms. The maximum Gasteiger partial charge on any atom is 0.266 e. The molecule has 1 N–H and O–H groups in total. The van der Waals surface area contributed by atoms with Crippen LogP contribution in [0.3, 0.4) is 0 Å². The summed E-state index contributed by atoms with van der Waals surface area (Å²) in [6.45, 7) is 3.31. The normalized spacial score (nSPS) is 25.1. The maximum absolute atomic E-state index is 14.7. The highest BCUT2D eigenvalue weighted by Crippen LogP contribution is 2.52. The average Bonchev–Trinajstić information content (AvgIpc) is 2.79.